The summed E-state index contributed by atoms with van der Waals surface area (Å²) in [6.07, 6.45) is 0.577. The fourth-order valence-corrected chi connectivity index (χ4v) is 3.31. The Bertz CT molecular complexity index is 911. The zero-order chi connectivity index (χ0) is 18.1. The van der Waals surface area contributed by atoms with Crippen molar-refractivity contribution in [1.82, 2.24) is 14.9 Å². The smallest absolute Gasteiger partial charge is 0.228 e. The third-order valence-corrected chi connectivity index (χ3v) is 4.89. The Morgan fingerprint density at radius 1 is 1.12 bits per heavy atom. The number of para-hydroxylation sites is 1. The first-order valence-corrected chi connectivity index (χ1v) is 8.67. The van der Waals surface area contributed by atoms with Crippen LogP contribution in [0.3, 0.4) is 0 Å². The number of benzene rings is 2. The monoisotopic (exact) mass is 350 g/mol. The highest BCUT2D eigenvalue weighted by Gasteiger charge is 2.15. The highest BCUT2D eigenvalue weighted by atomic mass is 16.1. The van der Waals surface area contributed by atoms with Gasteiger partial charge in [0.2, 0.25) is 6.41 Å². The number of nitrogens with zero attached hydrogens (tertiary/aromatic N) is 4. The number of fused-ring (bicyclic) bond motifs is 1. The van der Waals surface area contributed by atoms with Crippen LogP contribution in [0.25, 0.3) is 22.4 Å². The number of aromatic amines is 1. The van der Waals surface area contributed by atoms with E-state index >= 15 is 0 Å². The summed E-state index contributed by atoms with van der Waals surface area (Å²) in [5, 5.41) is 1.05. The van der Waals surface area contributed by atoms with Gasteiger partial charge in [0.05, 0.1) is 11.2 Å². The average Bonchev–Trinajstić information content (AvgIpc) is 3.12. The first kappa shape index (κ1) is 16.6. The number of H-pyrrole nitrogens is 1. The molecule has 2 aromatic carbocycles. The molecule has 2 heterocycles. The van der Waals surface area contributed by atoms with Crippen molar-refractivity contribution < 1.29 is 4.79 Å². The lowest BCUT2D eigenvalue weighted by Crippen LogP contribution is -2.44. The van der Waals surface area contributed by atoms with Crippen molar-refractivity contribution in [3.8, 4) is 11.4 Å². The summed E-state index contributed by atoms with van der Waals surface area (Å²) >= 11 is 0. The topological polar surface area (TPSA) is 81.5 Å². The number of likely N-dealkylation sites (N-methyl/N-ethyl adjacent to an activating group) is 1. The number of hydrogen-bond acceptors (Lipinski definition) is 5. The zero-order valence-corrected chi connectivity index (χ0v) is 14.7. The first-order valence-electron chi connectivity index (χ1n) is 8.67. The number of amides is 1. The molecular weight excluding hydrogens is 328 g/mol. The van der Waals surface area contributed by atoms with Crippen LogP contribution in [0.15, 0.2) is 42.5 Å². The molecule has 1 amide bonds. The number of carbonyl (C=O) groups is 1. The molecule has 0 atom stereocenters. The van der Waals surface area contributed by atoms with Crippen LogP contribution >= 0.6 is 0 Å². The highest BCUT2D eigenvalue weighted by molar-refractivity contribution is 5.95. The van der Waals surface area contributed by atoms with Crippen LogP contribution in [-0.4, -0.2) is 54.5 Å². The van der Waals surface area contributed by atoms with Crippen LogP contribution < -0.4 is 15.8 Å². The van der Waals surface area contributed by atoms with E-state index in [2.05, 4.69) is 51.1 Å². The number of imidazole rings is 1. The molecule has 0 spiro atoms. The molecule has 0 saturated carbocycles. The number of piperazine rings is 1. The standard InChI is InChI=1S/C19H22N6O/c1-23-9-11-24(12-10-23)15-7-5-14(6-8-15)19-21-16-3-2-4-17(18(16)22-19)25(20)13-26/h2-8,13H,9-12,20H2,1H3,(H,21,22). The lowest BCUT2D eigenvalue weighted by atomic mass is 10.1. The summed E-state index contributed by atoms with van der Waals surface area (Å²) in [6, 6.07) is 14.0. The molecule has 134 valence electrons. The fourth-order valence-electron chi connectivity index (χ4n) is 3.31. The van der Waals surface area contributed by atoms with E-state index in [0.29, 0.717) is 17.6 Å². The van der Waals surface area contributed by atoms with Crippen LogP contribution in [0.5, 0.6) is 0 Å². The minimum Gasteiger partial charge on any atom is -0.369 e. The number of nitrogens with one attached hydrogen (secondary N) is 1. The maximum Gasteiger partial charge on any atom is 0.228 e. The molecule has 0 bridgehead atoms. The molecule has 0 unspecified atom stereocenters. The molecule has 0 aliphatic carbocycles. The van der Waals surface area contributed by atoms with Gasteiger partial charge in [-0.15, -0.1) is 0 Å². The maximum absolute atomic E-state index is 11.0. The van der Waals surface area contributed by atoms with Gasteiger partial charge in [-0.1, -0.05) is 6.07 Å². The van der Waals surface area contributed by atoms with Gasteiger partial charge >= 0.3 is 0 Å². The lowest BCUT2D eigenvalue weighted by molar-refractivity contribution is -0.107. The molecule has 1 aliphatic heterocycles. The van der Waals surface area contributed by atoms with E-state index in [-0.39, 0.29) is 0 Å². The number of anilines is 2. The van der Waals surface area contributed by atoms with Crippen LogP contribution in [0, 0.1) is 0 Å². The van der Waals surface area contributed by atoms with E-state index < -0.39 is 0 Å². The van der Waals surface area contributed by atoms with Gasteiger partial charge in [-0.25, -0.2) is 15.8 Å². The van der Waals surface area contributed by atoms with Gasteiger partial charge in [0.25, 0.3) is 0 Å². The minimum absolute atomic E-state index is 0.577. The largest absolute Gasteiger partial charge is 0.369 e. The molecule has 1 fully saturated rings. The molecule has 1 aliphatic rings. The van der Waals surface area contributed by atoms with Crippen molar-refractivity contribution in [1.29, 1.82) is 0 Å². The van der Waals surface area contributed by atoms with Crippen LogP contribution in [0.2, 0.25) is 0 Å². The van der Waals surface area contributed by atoms with Crippen molar-refractivity contribution in [3.63, 3.8) is 0 Å². The average molecular weight is 350 g/mol. The fraction of sp³-hybridized carbons (Fsp3) is 0.263. The number of hydrazine groups is 1. The van der Waals surface area contributed by atoms with E-state index in [1.807, 2.05) is 12.1 Å². The van der Waals surface area contributed by atoms with Gasteiger partial charge in [-0.3, -0.25) is 4.79 Å². The SMILES string of the molecule is CN1CCN(c2ccc(-c3nc4c(N(N)C=O)cccc4[nH]3)cc2)CC1. The van der Waals surface area contributed by atoms with Crippen molar-refractivity contribution in [3.05, 3.63) is 42.5 Å². The Balaban J connectivity index is 1.62. The van der Waals surface area contributed by atoms with E-state index in [1.54, 1.807) is 6.07 Å². The minimum atomic E-state index is 0.577. The number of nitrogens with two attached hydrogens (primary N) is 1. The van der Waals surface area contributed by atoms with Crippen molar-refractivity contribution in [2.45, 2.75) is 0 Å². The van der Waals surface area contributed by atoms with Crippen LogP contribution in [0.4, 0.5) is 11.4 Å². The Kier molecular flexibility index (Phi) is 4.32. The second-order valence-corrected chi connectivity index (χ2v) is 6.61. The number of aromatic nitrogens is 2. The van der Waals surface area contributed by atoms with Crippen LogP contribution in [0.1, 0.15) is 0 Å². The summed E-state index contributed by atoms with van der Waals surface area (Å²) in [4.78, 5) is 23.7. The van der Waals surface area contributed by atoms with Gasteiger partial charge in [-0.05, 0) is 43.4 Å². The van der Waals surface area contributed by atoms with Crippen molar-refractivity contribution in [2.75, 3.05) is 43.1 Å². The van der Waals surface area contributed by atoms with Gasteiger partial charge in [0.1, 0.15) is 11.3 Å². The Labute approximate surface area is 152 Å². The molecule has 7 heteroatoms. The number of carbonyl (C=O) groups excluding carboxylic acids is 1. The van der Waals surface area contributed by atoms with Gasteiger partial charge in [0.15, 0.2) is 0 Å². The Morgan fingerprint density at radius 3 is 2.54 bits per heavy atom. The third kappa shape index (κ3) is 3.02. The van der Waals surface area contributed by atoms with E-state index in [9.17, 15) is 4.79 Å². The van der Waals surface area contributed by atoms with E-state index in [4.69, 9.17) is 5.84 Å². The summed E-state index contributed by atoms with van der Waals surface area (Å²) in [5.74, 6) is 6.48. The lowest BCUT2D eigenvalue weighted by Gasteiger charge is -2.34. The second kappa shape index (κ2) is 6.78. The van der Waals surface area contributed by atoms with Gasteiger partial charge in [-0.2, -0.15) is 0 Å². The summed E-state index contributed by atoms with van der Waals surface area (Å²) in [6.45, 7) is 4.25. The maximum atomic E-state index is 11.0. The Morgan fingerprint density at radius 2 is 1.85 bits per heavy atom. The van der Waals surface area contributed by atoms with Gasteiger partial charge < -0.3 is 14.8 Å². The Hall–Kier alpha value is -2.90. The van der Waals surface area contributed by atoms with Gasteiger partial charge in [0, 0.05) is 37.4 Å². The number of hydrogen-bond donors (Lipinski definition) is 2. The summed E-state index contributed by atoms with van der Waals surface area (Å²) in [7, 11) is 2.16. The van der Waals surface area contributed by atoms with Crippen molar-refractivity contribution in [2.24, 2.45) is 5.84 Å². The van der Waals surface area contributed by atoms with Crippen LogP contribution in [-0.2, 0) is 4.79 Å². The molecule has 7 nitrogen and oxygen atoms in total. The summed E-state index contributed by atoms with van der Waals surface area (Å²) < 4.78 is 0. The third-order valence-electron chi connectivity index (χ3n) is 4.89. The van der Waals surface area contributed by atoms with E-state index in [1.165, 1.54) is 5.69 Å². The predicted octanol–water partition coefficient (Wildman–Crippen LogP) is 1.82. The molecule has 3 aromatic rings. The predicted molar refractivity (Wildman–Crippen MR) is 104 cm³/mol. The second-order valence-electron chi connectivity index (χ2n) is 6.61. The highest BCUT2D eigenvalue weighted by Crippen LogP contribution is 2.28. The molecule has 1 aromatic heterocycles. The molecular formula is C19H22N6O. The molecule has 0 radical (unpaired) electrons. The molecule has 1 saturated heterocycles. The number of rotatable bonds is 4. The molecule has 4 rings (SSSR count). The zero-order valence-electron chi connectivity index (χ0n) is 14.7. The van der Waals surface area contributed by atoms with Crippen molar-refractivity contribution >= 4 is 28.8 Å². The molecule has 26 heavy (non-hydrogen) atoms. The quantitative estimate of drug-likeness (QED) is 0.325. The first-order chi connectivity index (χ1) is 12.7. The molecule has 3 N–H and O–H groups in total. The summed E-state index contributed by atoms with van der Waals surface area (Å²) in [5.41, 5.74) is 4.33. The normalized spacial score (nSPS) is 15.4. The van der Waals surface area contributed by atoms with E-state index in [0.717, 1.165) is 48.1 Å².